The van der Waals surface area contributed by atoms with E-state index in [1.807, 2.05) is 6.07 Å². The van der Waals surface area contributed by atoms with Gasteiger partial charge in [-0.3, -0.25) is 0 Å². The summed E-state index contributed by atoms with van der Waals surface area (Å²) in [5.74, 6) is 1.20. The van der Waals surface area contributed by atoms with Crippen molar-refractivity contribution in [2.45, 2.75) is 5.88 Å². The van der Waals surface area contributed by atoms with Crippen molar-refractivity contribution in [3.8, 4) is 23.4 Å². The van der Waals surface area contributed by atoms with E-state index < -0.39 is 0 Å². The Hall–Kier alpha value is -2.03. The van der Waals surface area contributed by atoms with E-state index in [-0.39, 0.29) is 16.9 Å². The smallest absolute Gasteiger partial charge is 0.228 e. The Morgan fingerprint density at radius 3 is 2.75 bits per heavy atom. The predicted octanol–water partition coefficient (Wildman–Crippen LogP) is 3.54. The molecule has 1 aromatic heterocycles. The van der Waals surface area contributed by atoms with Crippen molar-refractivity contribution in [2.75, 3.05) is 7.11 Å². The van der Waals surface area contributed by atoms with Crippen molar-refractivity contribution >= 4 is 23.2 Å². The molecule has 0 aliphatic rings. The van der Waals surface area contributed by atoms with Crippen LogP contribution in [0, 0.1) is 11.3 Å². The molecule has 2 aromatic rings. The number of hydrogen-bond donors (Lipinski definition) is 0. The van der Waals surface area contributed by atoms with Crippen LogP contribution in [-0.2, 0) is 5.88 Å². The molecule has 0 atom stereocenters. The molecule has 0 bridgehead atoms. The normalized spacial score (nSPS) is 9.90. The topological polar surface area (TPSA) is 68.0 Å². The molecule has 102 valence electrons. The molecule has 0 saturated heterocycles. The zero-order chi connectivity index (χ0) is 14.5. The molecule has 0 fully saturated rings. The van der Waals surface area contributed by atoms with E-state index in [9.17, 15) is 0 Å². The minimum atomic E-state index is 0.119. The van der Waals surface area contributed by atoms with Crippen LogP contribution in [0.15, 0.2) is 24.5 Å². The summed E-state index contributed by atoms with van der Waals surface area (Å²) in [7, 11) is 1.48. The van der Waals surface area contributed by atoms with Gasteiger partial charge < -0.3 is 9.47 Å². The number of alkyl halides is 1. The first-order chi connectivity index (χ1) is 9.69. The van der Waals surface area contributed by atoms with Gasteiger partial charge in [-0.25, -0.2) is 9.97 Å². The van der Waals surface area contributed by atoms with Crippen molar-refractivity contribution in [3.63, 3.8) is 0 Å². The van der Waals surface area contributed by atoms with Gasteiger partial charge in [0.15, 0.2) is 11.5 Å². The molecular weight excluding hydrogens is 301 g/mol. The average Bonchev–Trinajstić information content (AvgIpc) is 2.48. The standard InChI is InChI=1S/C13H9Cl2N3O2/c1-19-11-4-8(6-16)2-3-10(11)20-13-9(5-14)12(15)17-7-18-13/h2-4,7H,5H2,1H3. The quantitative estimate of drug-likeness (QED) is 0.638. The van der Waals surface area contributed by atoms with Gasteiger partial charge in [0.25, 0.3) is 0 Å². The molecule has 0 unspecified atom stereocenters. The van der Waals surface area contributed by atoms with Gasteiger partial charge in [-0.1, -0.05) is 11.6 Å². The molecule has 0 saturated carbocycles. The number of hydrogen-bond acceptors (Lipinski definition) is 5. The van der Waals surface area contributed by atoms with Gasteiger partial charge in [0.05, 0.1) is 30.2 Å². The average molecular weight is 310 g/mol. The number of benzene rings is 1. The van der Waals surface area contributed by atoms with Crippen LogP contribution in [0.5, 0.6) is 17.4 Å². The highest BCUT2D eigenvalue weighted by Crippen LogP contribution is 2.34. The Kier molecular flexibility index (Phi) is 4.61. The van der Waals surface area contributed by atoms with Crippen LogP contribution >= 0.6 is 23.2 Å². The van der Waals surface area contributed by atoms with Crippen molar-refractivity contribution in [2.24, 2.45) is 0 Å². The first kappa shape index (κ1) is 14.4. The highest BCUT2D eigenvalue weighted by atomic mass is 35.5. The lowest BCUT2D eigenvalue weighted by atomic mass is 10.2. The number of rotatable bonds is 4. The Bertz CT molecular complexity index is 671. The van der Waals surface area contributed by atoms with Crippen LogP contribution < -0.4 is 9.47 Å². The summed E-state index contributed by atoms with van der Waals surface area (Å²) < 4.78 is 10.8. The second-order valence-corrected chi connectivity index (χ2v) is 4.29. The van der Waals surface area contributed by atoms with Crippen LogP contribution in [0.3, 0.4) is 0 Å². The van der Waals surface area contributed by atoms with Gasteiger partial charge in [0.2, 0.25) is 5.88 Å². The number of aromatic nitrogens is 2. The van der Waals surface area contributed by atoms with E-state index in [0.29, 0.717) is 22.6 Å². The molecular formula is C13H9Cl2N3O2. The fraction of sp³-hybridized carbons (Fsp3) is 0.154. The lowest BCUT2D eigenvalue weighted by Gasteiger charge is -2.12. The first-order valence-corrected chi connectivity index (χ1v) is 6.42. The van der Waals surface area contributed by atoms with Crippen molar-refractivity contribution in [3.05, 3.63) is 40.8 Å². The summed E-state index contributed by atoms with van der Waals surface area (Å²) in [5, 5.41) is 9.09. The predicted molar refractivity (Wildman–Crippen MR) is 74.4 cm³/mol. The maximum absolute atomic E-state index is 8.85. The molecule has 0 radical (unpaired) electrons. The number of methoxy groups -OCH3 is 1. The summed E-state index contributed by atoms with van der Waals surface area (Å²) in [4.78, 5) is 7.84. The molecule has 0 spiro atoms. The zero-order valence-electron chi connectivity index (χ0n) is 10.4. The molecule has 0 aliphatic carbocycles. The third kappa shape index (κ3) is 2.93. The first-order valence-electron chi connectivity index (χ1n) is 5.51. The molecule has 5 nitrogen and oxygen atoms in total. The summed E-state index contributed by atoms with van der Waals surface area (Å²) in [6, 6.07) is 6.82. The summed E-state index contributed by atoms with van der Waals surface area (Å²) in [5.41, 5.74) is 0.953. The molecule has 7 heteroatoms. The van der Waals surface area contributed by atoms with Gasteiger partial charge in [0, 0.05) is 6.07 Å². The third-order valence-corrected chi connectivity index (χ3v) is 3.08. The maximum Gasteiger partial charge on any atom is 0.228 e. The fourth-order valence-electron chi connectivity index (χ4n) is 1.50. The maximum atomic E-state index is 8.85. The molecule has 2 rings (SSSR count). The number of nitriles is 1. The van der Waals surface area contributed by atoms with Crippen LogP contribution in [-0.4, -0.2) is 17.1 Å². The monoisotopic (exact) mass is 309 g/mol. The zero-order valence-corrected chi connectivity index (χ0v) is 11.9. The number of ether oxygens (including phenoxy) is 2. The van der Waals surface area contributed by atoms with Crippen LogP contribution in [0.25, 0.3) is 0 Å². The van der Waals surface area contributed by atoms with E-state index in [1.165, 1.54) is 13.4 Å². The molecule has 0 amide bonds. The van der Waals surface area contributed by atoms with Crippen molar-refractivity contribution in [1.29, 1.82) is 5.26 Å². The van der Waals surface area contributed by atoms with E-state index in [4.69, 9.17) is 37.9 Å². The Labute approximate surface area is 125 Å². The molecule has 0 N–H and O–H groups in total. The van der Waals surface area contributed by atoms with Crippen molar-refractivity contribution < 1.29 is 9.47 Å². The second-order valence-electron chi connectivity index (χ2n) is 3.66. The van der Waals surface area contributed by atoms with E-state index in [0.717, 1.165) is 0 Å². The highest BCUT2D eigenvalue weighted by Gasteiger charge is 2.14. The number of nitrogens with zero attached hydrogens (tertiary/aromatic N) is 3. The Morgan fingerprint density at radius 2 is 2.10 bits per heavy atom. The van der Waals surface area contributed by atoms with Crippen molar-refractivity contribution in [1.82, 2.24) is 9.97 Å². The summed E-state index contributed by atoms with van der Waals surface area (Å²) in [6.45, 7) is 0. The van der Waals surface area contributed by atoms with Crippen LogP contribution in [0.4, 0.5) is 0 Å². The third-order valence-electron chi connectivity index (χ3n) is 2.49. The highest BCUT2D eigenvalue weighted by molar-refractivity contribution is 6.31. The van der Waals surface area contributed by atoms with Gasteiger partial charge in [-0.2, -0.15) is 5.26 Å². The SMILES string of the molecule is COc1cc(C#N)ccc1Oc1ncnc(Cl)c1CCl. The minimum Gasteiger partial charge on any atom is -0.493 e. The van der Waals surface area contributed by atoms with Gasteiger partial charge >= 0.3 is 0 Å². The second kappa shape index (κ2) is 6.42. The lowest BCUT2D eigenvalue weighted by Crippen LogP contribution is -1.98. The van der Waals surface area contributed by atoms with Crippen LogP contribution in [0.1, 0.15) is 11.1 Å². The van der Waals surface area contributed by atoms with E-state index in [1.54, 1.807) is 18.2 Å². The summed E-state index contributed by atoms with van der Waals surface area (Å²) in [6.07, 6.45) is 1.28. The fourth-order valence-corrected chi connectivity index (χ4v) is 2.00. The van der Waals surface area contributed by atoms with Gasteiger partial charge in [-0.15, -0.1) is 11.6 Å². The molecule has 20 heavy (non-hydrogen) atoms. The van der Waals surface area contributed by atoms with E-state index in [2.05, 4.69) is 9.97 Å². The van der Waals surface area contributed by atoms with Gasteiger partial charge in [0.1, 0.15) is 11.5 Å². The molecule has 1 heterocycles. The molecule has 0 aliphatic heterocycles. The van der Waals surface area contributed by atoms with Crippen LogP contribution in [0.2, 0.25) is 5.15 Å². The largest absolute Gasteiger partial charge is 0.493 e. The van der Waals surface area contributed by atoms with E-state index >= 15 is 0 Å². The van der Waals surface area contributed by atoms with Gasteiger partial charge in [-0.05, 0) is 12.1 Å². The lowest BCUT2D eigenvalue weighted by molar-refractivity contribution is 0.372. The Morgan fingerprint density at radius 1 is 1.30 bits per heavy atom. The molecule has 1 aromatic carbocycles. The summed E-state index contributed by atoms with van der Waals surface area (Å²) >= 11 is 11.7. The minimum absolute atomic E-state index is 0.119. The number of halogens is 2. The Balaban J connectivity index is 2.40.